The van der Waals surface area contributed by atoms with Crippen LogP contribution in [0.15, 0.2) is 24.7 Å². The van der Waals surface area contributed by atoms with Crippen LogP contribution in [-0.2, 0) is 6.54 Å². The first-order chi connectivity index (χ1) is 8.16. The van der Waals surface area contributed by atoms with Gasteiger partial charge in [-0.05, 0) is 12.1 Å². The molecule has 2 heterocycles. The van der Waals surface area contributed by atoms with Gasteiger partial charge in [0.1, 0.15) is 17.2 Å². The van der Waals surface area contributed by atoms with Crippen LogP contribution in [0.1, 0.15) is 5.69 Å². The number of hydrogen-bond donors (Lipinski definition) is 2. The number of hydrogen-bond acceptors (Lipinski definition) is 5. The van der Waals surface area contributed by atoms with Crippen LogP contribution in [0.5, 0.6) is 0 Å². The van der Waals surface area contributed by atoms with Gasteiger partial charge in [0.2, 0.25) is 0 Å². The van der Waals surface area contributed by atoms with E-state index in [1.165, 1.54) is 6.33 Å². The molecule has 0 radical (unpaired) electrons. The Morgan fingerprint density at radius 1 is 1.18 bits per heavy atom. The number of nitrogens with two attached hydrogens (primary N) is 1. The van der Waals surface area contributed by atoms with Crippen molar-refractivity contribution >= 4 is 34.8 Å². The summed E-state index contributed by atoms with van der Waals surface area (Å²) in [7, 11) is 0. The number of aromatic nitrogens is 3. The second-order valence-electron chi connectivity index (χ2n) is 3.24. The molecule has 7 heteroatoms. The third-order valence-electron chi connectivity index (χ3n) is 2.04. The third kappa shape index (κ3) is 2.95. The number of halogens is 2. The van der Waals surface area contributed by atoms with E-state index in [0.29, 0.717) is 22.4 Å². The lowest BCUT2D eigenvalue weighted by Crippen LogP contribution is -2.05. The smallest absolute Gasteiger partial charge is 0.150 e. The van der Waals surface area contributed by atoms with Gasteiger partial charge >= 0.3 is 0 Å². The fourth-order valence-corrected chi connectivity index (χ4v) is 1.47. The zero-order valence-corrected chi connectivity index (χ0v) is 10.2. The molecule has 0 aliphatic rings. The van der Waals surface area contributed by atoms with Crippen LogP contribution in [0.25, 0.3) is 0 Å². The van der Waals surface area contributed by atoms with Crippen molar-refractivity contribution in [1.82, 2.24) is 15.0 Å². The van der Waals surface area contributed by atoms with E-state index in [1.807, 2.05) is 6.07 Å². The predicted octanol–water partition coefficient (Wildman–Crippen LogP) is 2.37. The molecule has 0 aliphatic carbocycles. The van der Waals surface area contributed by atoms with Gasteiger partial charge in [-0.15, -0.1) is 0 Å². The molecule has 0 saturated heterocycles. The third-order valence-corrected chi connectivity index (χ3v) is 2.64. The Bertz CT molecular complexity index is 515. The average Bonchev–Trinajstić information content (AvgIpc) is 2.33. The molecule has 2 rings (SSSR count). The number of rotatable bonds is 3. The highest BCUT2D eigenvalue weighted by Gasteiger charge is 2.05. The summed E-state index contributed by atoms with van der Waals surface area (Å²) in [5.74, 6) is 0.726. The van der Waals surface area contributed by atoms with E-state index in [2.05, 4.69) is 20.3 Å². The molecule has 0 fully saturated rings. The molecule has 0 spiro atoms. The van der Waals surface area contributed by atoms with E-state index in [4.69, 9.17) is 28.9 Å². The molecular weight excluding hydrogens is 261 g/mol. The van der Waals surface area contributed by atoms with Crippen LogP contribution >= 0.6 is 23.2 Å². The maximum Gasteiger partial charge on any atom is 0.150 e. The first-order valence-electron chi connectivity index (χ1n) is 4.77. The quantitative estimate of drug-likeness (QED) is 0.895. The van der Waals surface area contributed by atoms with Gasteiger partial charge in [0.25, 0.3) is 0 Å². The standard InChI is InChI=1S/C10H9Cl2N5/c11-6-1-2-7(14-3-6)4-15-10-8(12)9(13)16-5-17-10/h1-3,5H,4H2,(H3,13,15,16,17). The van der Waals surface area contributed by atoms with E-state index >= 15 is 0 Å². The number of nitrogens with zero attached hydrogens (tertiary/aromatic N) is 3. The molecular formula is C10H9Cl2N5. The van der Waals surface area contributed by atoms with Crippen molar-refractivity contribution in [2.24, 2.45) is 0 Å². The van der Waals surface area contributed by atoms with Crippen LogP contribution in [0.4, 0.5) is 11.6 Å². The Morgan fingerprint density at radius 3 is 2.71 bits per heavy atom. The molecule has 0 bridgehead atoms. The van der Waals surface area contributed by atoms with Gasteiger partial charge in [0, 0.05) is 6.20 Å². The minimum atomic E-state index is 0.244. The van der Waals surface area contributed by atoms with Gasteiger partial charge in [-0.3, -0.25) is 4.98 Å². The highest BCUT2D eigenvalue weighted by atomic mass is 35.5. The summed E-state index contributed by atoms with van der Waals surface area (Å²) in [5, 5.41) is 3.92. The van der Waals surface area contributed by atoms with Crippen LogP contribution in [-0.4, -0.2) is 15.0 Å². The summed E-state index contributed by atoms with van der Waals surface area (Å²) in [6, 6.07) is 3.58. The fourth-order valence-electron chi connectivity index (χ4n) is 1.19. The van der Waals surface area contributed by atoms with Crippen molar-refractivity contribution < 1.29 is 0 Å². The zero-order valence-electron chi connectivity index (χ0n) is 8.69. The van der Waals surface area contributed by atoms with Crippen LogP contribution in [0.3, 0.4) is 0 Å². The Balaban J connectivity index is 2.07. The molecule has 88 valence electrons. The van der Waals surface area contributed by atoms with Crippen molar-refractivity contribution in [3.8, 4) is 0 Å². The minimum absolute atomic E-state index is 0.244. The monoisotopic (exact) mass is 269 g/mol. The second kappa shape index (κ2) is 5.16. The van der Waals surface area contributed by atoms with Crippen molar-refractivity contribution in [3.63, 3.8) is 0 Å². The Labute approximate surface area is 108 Å². The fraction of sp³-hybridized carbons (Fsp3) is 0.100. The Kier molecular flexibility index (Phi) is 3.61. The molecule has 17 heavy (non-hydrogen) atoms. The molecule has 3 N–H and O–H groups in total. The van der Waals surface area contributed by atoms with Gasteiger partial charge in [0.05, 0.1) is 17.3 Å². The highest BCUT2D eigenvalue weighted by molar-refractivity contribution is 6.35. The van der Waals surface area contributed by atoms with E-state index < -0.39 is 0 Å². The normalized spacial score (nSPS) is 10.2. The number of anilines is 2. The van der Waals surface area contributed by atoms with E-state index in [9.17, 15) is 0 Å². The maximum atomic E-state index is 5.93. The van der Waals surface area contributed by atoms with Crippen LogP contribution in [0, 0.1) is 0 Å². The SMILES string of the molecule is Nc1ncnc(NCc2ccc(Cl)cn2)c1Cl. The van der Waals surface area contributed by atoms with Gasteiger partial charge in [-0.1, -0.05) is 23.2 Å². The lowest BCUT2D eigenvalue weighted by molar-refractivity contribution is 1.02. The molecule has 0 amide bonds. The molecule has 5 nitrogen and oxygen atoms in total. The largest absolute Gasteiger partial charge is 0.382 e. The highest BCUT2D eigenvalue weighted by Crippen LogP contribution is 2.23. The molecule has 2 aromatic rings. The van der Waals surface area contributed by atoms with E-state index in [-0.39, 0.29) is 5.82 Å². The minimum Gasteiger partial charge on any atom is -0.382 e. The maximum absolute atomic E-state index is 5.93. The predicted molar refractivity (Wildman–Crippen MR) is 68.0 cm³/mol. The van der Waals surface area contributed by atoms with Crippen LogP contribution < -0.4 is 11.1 Å². The van der Waals surface area contributed by atoms with Crippen molar-refractivity contribution in [3.05, 3.63) is 40.4 Å². The van der Waals surface area contributed by atoms with E-state index in [1.54, 1.807) is 12.3 Å². The summed E-state index contributed by atoms with van der Waals surface area (Å²) in [4.78, 5) is 11.9. The molecule has 0 aromatic carbocycles. The average molecular weight is 270 g/mol. The number of nitrogen functional groups attached to an aromatic ring is 1. The summed E-state index contributed by atoms with van der Waals surface area (Å²) in [5.41, 5.74) is 6.38. The molecule has 0 aliphatic heterocycles. The second-order valence-corrected chi connectivity index (χ2v) is 4.06. The molecule has 0 saturated carbocycles. The Hall–Kier alpha value is -1.59. The number of nitrogens with one attached hydrogen (secondary N) is 1. The van der Waals surface area contributed by atoms with Gasteiger partial charge in [-0.2, -0.15) is 0 Å². The summed E-state index contributed by atoms with van der Waals surface area (Å²) in [6.07, 6.45) is 2.92. The van der Waals surface area contributed by atoms with E-state index in [0.717, 1.165) is 5.69 Å². The summed E-state index contributed by atoms with van der Waals surface area (Å²) >= 11 is 11.7. The number of pyridine rings is 1. The Morgan fingerprint density at radius 2 is 2.00 bits per heavy atom. The van der Waals surface area contributed by atoms with Crippen LogP contribution in [0.2, 0.25) is 10.0 Å². The van der Waals surface area contributed by atoms with Gasteiger partial charge in [-0.25, -0.2) is 9.97 Å². The first kappa shape index (κ1) is 11.9. The summed E-state index contributed by atoms with van der Waals surface area (Å²) < 4.78 is 0. The molecule has 0 unspecified atom stereocenters. The lowest BCUT2D eigenvalue weighted by atomic mass is 10.3. The first-order valence-corrected chi connectivity index (χ1v) is 5.52. The molecule has 2 aromatic heterocycles. The lowest BCUT2D eigenvalue weighted by Gasteiger charge is -2.07. The van der Waals surface area contributed by atoms with Crippen molar-refractivity contribution in [2.45, 2.75) is 6.54 Å². The van der Waals surface area contributed by atoms with Crippen molar-refractivity contribution in [1.29, 1.82) is 0 Å². The van der Waals surface area contributed by atoms with Crippen molar-refractivity contribution in [2.75, 3.05) is 11.1 Å². The molecule has 0 atom stereocenters. The topological polar surface area (TPSA) is 76.7 Å². The summed E-state index contributed by atoms with van der Waals surface area (Å²) in [6.45, 7) is 0.480. The zero-order chi connectivity index (χ0) is 12.3. The van der Waals surface area contributed by atoms with Gasteiger partial charge < -0.3 is 11.1 Å². The van der Waals surface area contributed by atoms with Gasteiger partial charge in [0.15, 0.2) is 5.82 Å².